The number of nitrogens with two attached hydrogens (primary N) is 2. The third-order valence-corrected chi connectivity index (χ3v) is 2.31. The van der Waals surface area contributed by atoms with Crippen LogP contribution in [0.25, 0.3) is 0 Å². The Hall–Kier alpha value is -1.99. The van der Waals surface area contributed by atoms with Gasteiger partial charge in [0.25, 0.3) is 5.91 Å². The number of nitrogen functional groups attached to an aromatic ring is 1. The Kier molecular flexibility index (Phi) is 4.75. The van der Waals surface area contributed by atoms with E-state index >= 15 is 0 Å². The molecule has 0 radical (unpaired) electrons. The molecule has 0 aliphatic carbocycles. The van der Waals surface area contributed by atoms with E-state index in [1.165, 1.54) is 18.2 Å². The lowest BCUT2D eigenvalue weighted by Gasteiger charge is -2.15. The molecule has 1 aromatic rings. The lowest BCUT2D eigenvalue weighted by atomic mass is 10.1. The van der Waals surface area contributed by atoms with Gasteiger partial charge in [-0.1, -0.05) is 0 Å². The number of nitrogens with zero attached hydrogens (tertiary/aromatic N) is 1. The van der Waals surface area contributed by atoms with Crippen molar-refractivity contribution < 1.29 is 14.0 Å². The SMILES string of the molecule is CN(CC(N)=O)Cc1cc(C(=O)NN)ccc1F. The van der Waals surface area contributed by atoms with Crippen molar-refractivity contribution >= 4 is 11.8 Å². The number of halogens is 1. The van der Waals surface area contributed by atoms with Gasteiger partial charge in [-0.05, 0) is 25.2 Å². The zero-order valence-corrected chi connectivity index (χ0v) is 9.94. The van der Waals surface area contributed by atoms with Crippen LogP contribution in [0.4, 0.5) is 4.39 Å². The topological polar surface area (TPSA) is 101 Å². The van der Waals surface area contributed by atoms with Crippen LogP contribution in [0, 0.1) is 5.82 Å². The first-order chi connectivity index (χ1) is 8.43. The minimum Gasteiger partial charge on any atom is -0.369 e. The smallest absolute Gasteiger partial charge is 0.265 e. The molecule has 0 bridgehead atoms. The highest BCUT2D eigenvalue weighted by molar-refractivity contribution is 5.93. The zero-order chi connectivity index (χ0) is 13.7. The Labute approximate surface area is 104 Å². The Bertz CT molecular complexity index is 464. The van der Waals surface area contributed by atoms with E-state index in [4.69, 9.17) is 11.6 Å². The largest absolute Gasteiger partial charge is 0.369 e. The molecular formula is C11H15FN4O2. The number of likely N-dealkylation sites (N-methyl/N-ethyl adjacent to an activating group) is 1. The van der Waals surface area contributed by atoms with Gasteiger partial charge < -0.3 is 5.73 Å². The molecule has 0 aliphatic rings. The Morgan fingerprint density at radius 2 is 2.11 bits per heavy atom. The summed E-state index contributed by atoms with van der Waals surface area (Å²) in [7, 11) is 1.62. The van der Waals surface area contributed by atoms with Gasteiger partial charge in [0.15, 0.2) is 0 Å². The van der Waals surface area contributed by atoms with Crippen molar-refractivity contribution in [2.24, 2.45) is 11.6 Å². The molecule has 0 fully saturated rings. The first-order valence-corrected chi connectivity index (χ1v) is 5.20. The molecule has 18 heavy (non-hydrogen) atoms. The van der Waals surface area contributed by atoms with Crippen LogP contribution in [-0.4, -0.2) is 30.3 Å². The van der Waals surface area contributed by atoms with Crippen LogP contribution in [0.2, 0.25) is 0 Å². The van der Waals surface area contributed by atoms with Gasteiger partial charge in [-0.15, -0.1) is 0 Å². The summed E-state index contributed by atoms with van der Waals surface area (Å²) in [4.78, 5) is 23.6. The van der Waals surface area contributed by atoms with Gasteiger partial charge in [0.1, 0.15) is 5.82 Å². The standard InChI is InChI=1S/C11H15FN4O2/c1-16(6-10(13)17)5-8-4-7(11(18)15-14)2-3-9(8)12/h2-4H,5-6,14H2,1H3,(H2,13,17)(H,15,18). The maximum Gasteiger partial charge on any atom is 0.265 e. The molecule has 0 heterocycles. The van der Waals surface area contributed by atoms with E-state index in [9.17, 15) is 14.0 Å². The fourth-order valence-electron chi connectivity index (χ4n) is 1.53. The molecule has 98 valence electrons. The highest BCUT2D eigenvalue weighted by Crippen LogP contribution is 2.12. The van der Waals surface area contributed by atoms with E-state index < -0.39 is 17.6 Å². The van der Waals surface area contributed by atoms with E-state index in [0.717, 1.165) is 0 Å². The second-order valence-electron chi connectivity index (χ2n) is 3.92. The summed E-state index contributed by atoms with van der Waals surface area (Å²) in [6.45, 7) is 0.174. The summed E-state index contributed by atoms with van der Waals surface area (Å²) >= 11 is 0. The van der Waals surface area contributed by atoms with Crippen molar-refractivity contribution in [3.8, 4) is 0 Å². The average Bonchev–Trinajstić information content (AvgIpc) is 2.30. The summed E-state index contributed by atoms with van der Waals surface area (Å²) in [6, 6.07) is 3.89. The summed E-state index contributed by atoms with van der Waals surface area (Å²) < 4.78 is 13.5. The second kappa shape index (κ2) is 6.08. The molecule has 0 unspecified atom stereocenters. The molecule has 0 saturated heterocycles. The second-order valence-corrected chi connectivity index (χ2v) is 3.92. The van der Waals surface area contributed by atoms with E-state index in [1.807, 2.05) is 5.43 Å². The predicted molar refractivity (Wildman–Crippen MR) is 63.6 cm³/mol. The lowest BCUT2D eigenvalue weighted by Crippen LogP contribution is -2.31. The van der Waals surface area contributed by atoms with Crippen LogP contribution in [0.15, 0.2) is 18.2 Å². The number of hydrogen-bond donors (Lipinski definition) is 3. The molecule has 0 spiro atoms. The van der Waals surface area contributed by atoms with Gasteiger partial charge in [0.2, 0.25) is 5.91 Å². The number of benzene rings is 1. The van der Waals surface area contributed by atoms with Gasteiger partial charge in [-0.3, -0.25) is 19.9 Å². The molecule has 2 amide bonds. The number of carbonyl (C=O) groups excluding carboxylic acids is 2. The van der Waals surface area contributed by atoms with E-state index in [2.05, 4.69) is 0 Å². The van der Waals surface area contributed by atoms with Gasteiger partial charge >= 0.3 is 0 Å². The van der Waals surface area contributed by atoms with Crippen LogP contribution in [0.1, 0.15) is 15.9 Å². The van der Waals surface area contributed by atoms with Gasteiger partial charge in [0, 0.05) is 17.7 Å². The van der Waals surface area contributed by atoms with Gasteiger partial charge in [-0.2, -0.15) is 0 Å². The number of carbonyl (C=O) groups is 2. The molecule has 7 heteroatoms. The van der Waals surface area contributed by atoms with E-state index in [0.29, 0.717) is 5.56 Å². The summed E-state index contributed by atoms with van der Waals surface area (Å²) in [5, 5.41) is 0. The average molecular weight is 254 g/mol. The van der Waals surface area contributed by atoms with Crippen LogP contribution in [0.3, 0.4) is 0 Å². The van der Waals surface area contributed by atoms with Crippen molar-refractivity contribution in [3.63, 3.8) is 0 Å². The molecule has 0 aromatic heterocycles. The molecule has 5 N–H and O–H groups in total. The van der Waals surface area contributed by atoms with Crippen molar-refractivity contribution in [3.05, 3.63) is 35.1 Å². The van der Waals surface area contributed by atoms with Gasteiger partial charge in [-0.25, -0.2) is 10.2 Å². The molecule has 0 saturated carbocycles. The van der Waals surface area contributed by atoms with Crippen LogP contribution in [0.5, 0.6) is 0 Å². The number of hydrogen-bond acceptors (Lipinski definition) is 4. The number of hydrazine groups is 1. The molecule has 6 nitrogen and oxygen atoms in total. The van der Waals surface area contributed by atoms with E-state index in [1.54, 1.807) is 11.9 Å². The van der Waals surface area contributed by atoms with Gasteiger partial charge in [0.05, 0.1) is 6.54 Å². The normalized spacial score (nSPS) is 10.4. The third kappa shape index (κ3) is 3.79. The Morgan fingerprint density at radius 3 is 2.67 bits per heavy atom. The van der Waals surface area contributed by atoms with E-state index in [-0.39, 0.29) is 18.7 Å². The van der Waals surface area contributed by atoms with Crippen LogP contribution >= 0.6 is 0 Å². The van der Waals surface area contributed by atoms with Crippen molar-refractivity contribution in [1.82, 2.24) is 10.3 Å². The summed E-state index contributed by atoms with van der Waals surface area (Å²) in [6.07, 6.45) is 0. The highest BCUT2D eigenvalue weighted by Gasteiger charge is 2.11. The minimum absolute atomic E-state index is 0.00670. The minimum atomic E-state index is -0.506. The lowest BCUT2D eigenvalue weighted by molar-refractivity contribution is -0.118. The fourth-order valence-corrected chi connectivity index (χ4v) is 1.53. The number of rotatable bonds is 5. The number of primary amides is 1. The molecule has 0 aliphatic heterocycles. The van der Waals surface area contributed by atoms with Crippen molar-refractivity contribution in [2.75, 3.05) is 13.6 Å². The number of nitrogens with one attached hydrogen (secondary N) is 1. The van der Waals surface area contributed by atoms with Crippen molar-refractivity contribution in [2.45, 2.75) is 6.54 Å². The molecular weight excluding hydrogens is 239 g/mol. The first kappa shape index (κ1) is 14.1. The maximum atomic E-state index is 13.5. The molecule has 1 rings (SSSR count). The Morgan fingerprint density at radius 1 is 1.44 bits per heavy atom. The quantitative estimate of drug-likeness (QED) is 0.369. The van der Waals surface area contributed by atoms with Crippen LogP contribution in [-0.2, 0) is 11.3 Å². The summed E-state index contributed by atoms with van der Waals surface area (Å²) in [5.41, 5.74) is 7.54. The summed E-state index contributed by atoms with van der Waals surface area (Å²) in [5.74, 6) is 3.52. The zero-order valence-electron chi connectivity index (χ0n) is 9.94. The van der Waals surface area contributed by atoms with Crippen molar-refractivity contribution in [1.29, 1.82) is 0 Å². The maximum absolute atomic E-state index is 13.5. The fraction of sp³-hybridized carbons (Fsp3) is 0.273. The monoisotopic (exact) mass is 254 g/mol. The Balaban J connectivity index is 2.87. The highest BCUT2D eigenvalue weighted by atomic mass is 19.1. The van der Waals surface area contributed by atoms with Crippen LogP contribution < -0.4 is 17.0 Å². The molecule has 1 aromatic carbocycles. The molecule has 0 atom stereocenters. The predicted octanol–water partition coefficient (Wildman–Crippen LogP) is -0.654. The first-order valence-electron chi connectivity index (χ1n) is 5.20. The number of amides is 2. The third-order valence-electron chi connectivity index (χ3n) is 2.31.